The van der Waals surface area contributed by atoms with E-state index < -0.39 is 0 Å². The average Bonchev–Trinajstić information content (AvgIpc) is 3.49. The second-order valence-electron chi connectivity index (χ2n) is 8.99. The van der Waals surface area contributed by atoms with Crippen LogP contribution < -0.4 is 4.90 Å². The molecule has 11 nitrogen and oxygen atoms in total. The number of fused-ring (bicyclic) bond motifs is 2. The molecule has 186 valence electrons. The molecule has 0 N–H and O–H groups in total. The number of para-hydroxylation sites is 1. The molecule has 2 aromatic heterocycles. The fraction of sp³-hybridized carbons (Fsp3) is 0.269. The number of amides is 3. The Labute approximate surface area is 212 Å². The van der Waals surface area contributed by atoms with E-state index in [0.717, 1.165) is 5.69 Å². The minimum Gasteiger partial charge on any atom is -0.351 e. The molecule has 6 rings (SSSR count). The van der Waals surface area contributed by atoms with Crippen LogP contribution in [0.15, 0.2) is 60.9 Å². The van der Waals surface area contributed by atoms with Crippen molar-refractivity contribution in [3.63, 3.8) is 0 Å². The number of nitrogens with zero attached hydrogens (tertiary/aromatic N) is 8. The van der Waals surface area contributed by atoms with Gasteiger partial charge in [-0.25, -0.2) is 9.97 Å². The Hall–Kier alpha value is -4.67. The van der Waals surface area contributed by atoms with Gasteiger partial charge >= 0.3 is 0 Å². The number of rotatable bonds is 6. The minimum absolute atomic E-state index is 0.0131. The summed E-state index contributed by atoms with van der Waals surface area (Å²) < 4.78 is 1.69. The predicted octanol–water partition coefficient (Wildman–Crippen LogP) is 1.94. The second kappa shape index (κ2) is 9.41. The van der Waals surface area contributed by atoms with E-state index in [1.165, 1.54) is 11.2 Å². The zero-order valence-electron chi connectivity index (χ0n) is 20.0. The molecule has 11 heteroatoms. The third-order valence-corrected chi connectivity index (χ3v) is 6.80. The summed E-state index contributed by atoms with van der Waals surface area (Å²) in [6, 6.07) is 16.5. The summed E-state index contributed by atoms with van der Waals surface area (Å²) in [5.74, 6) is 0.132. The van der Waals surface area contributed by atoms with Gasteiger partial charge < -0.3 is 9.80 Å². The highest BCUT2D eigenvalue weighted by Gasteiger charge is 2.34. The van der Waals surface area contributed by atoms with Gasteiger partial charge in [0, 0.05) is 39.1 Å². The SMILES string of the molecule is O=C(CCCN1C(=O)c2ccccc2C1=O)N1CCN(c2ncnc3c2nnn3-c2ccccc2)CC1. The molecular formula is C26H24N8O3. The summed E-state index contributed by atoms with van der Waals surface area (Å²) in [5.41, 5.74) is 2.97. The van der Waals surface area contributed by atoms with Crippen molar-refractivity contribution >= 4 is 34.7 Å². The number of benzene rings is 2. The molecule has 2 aliphatic rings. The Morgan fingerprint density at radius 2 is 1.51 bits per heavy atom. The van der Waals surface area contributed by atoms with Crippen molar-refractivity contribution in [3.8, 4) is 5.69 Å². The standard InChI is InChI=1S/C26H24N8O3/c35-21(11-6-12-33-25(36)19-9-4-5-10-20(19)26(33)37)31-13-15-32(16-14-31)23-22-24(28-17-27-23)34(30-29-22)18-7-2-1-3-8-18/h1-5,7-10,17H,6,11-16H2. The molecule has 0 atom stereocenters. The predicted molar refractivity (Wildman–Crippen MR) is 134 cm³/mol. The number of anilines is 1. The number of carbonyl (C=O) groups excluding carboxylic acids is 3. The third kappa shape index (κ3) is 4.07. The first-order valence-corrected chi connectivity index (χ1v) is 12.2. The molecule has 4 aromatic rings. The van der Waals surface area contributed by atoms with E-state index in [1.54, 1.807) is 28.9 Å². The fourth-order valence-corrected chi connectivity index (χ4v) is 4.87. The van der Waals surface area contributed by atoms with Crippen LogP contribution in [0.1, 0.15) is 33.6 Å². The maximum Gasteiger partial charge on any atom is 0.261 e. The van der Waals surface area contributed by atoms with E-state index >= 15 is 0 Å². The van der Waals surface area contributed by atoms with E-state index in [0.29, 0.717) is 60.7 Å². The van der Waals surface area contributed by atoms with Gasteiger partial charge in [-0.15, -0.1) is 5.10 Å². The number of hydrogen-bond donors (Lipinski definition) is 0. The van der Waals surface area contributed by atoms with Crippen molar-refractivity contribution in [2.45, 2.75) is 12.8 Å². The Bertz CT molecular complexity index is 1460. The van der Waals surface area contributed by atoms with Crippen LogP contribution in [0.4, 0.5) is 5.82 Å². The highest BCUT2D eigenvalue weighted by atomic mass is 16.2. The molecule has 2 aromatic carbocycles. The molecule has 0 radical (unpaired) electrons. The number of aromatic nitrogens is 5. The van der Waals surface area contributed by atoms with Crippen LogP contribution in [0, 0.1) is 0 Å². The molecule has 3 amide bonds. The van der Waals surface area contributed by atoms with Gasteiger partial charge in [0.05, 0.1) is 16.8 Å². The quantitative estimate of drug-likeness (QED) is 0.372. The zero-order chi connectivity index (χ0) is 25.4. The maximum absolute atomic E-state index is 12.8. The maximum atomic E-state index is 12.8. The lowest BCUT2D eigenvalue weighted by Crippen LogP contribution is -2.49. The Morgan fingerprint density at radius 3 is 2.22 bits per heavy atom. The highest BCUT2D eigenvalue weighted by Crippen LogP contribution is 2.25. The zero-order valence-corrected chi connectivity index (χ0v) is 20.0. The number of carbonyl (C=O) groups is 3. The highest BCUT2D eigenvalue weighted by molar-refractivity contribution is 6.21. The Kier molecular flexibility index (Phi) is 5.79. The molecule has 1 fully saturated rings. The largest absolute Gasteiger partial charge is 0.351 e. The van der Waals surface area contributed by atoms with E-state index in [4.69, 9.17) is 0 Å². The molecule has 0 saturated carbocycles. The minimum atomic E-state index is -0.290. The summed E-state index contributed by atoms with van der Waals surface area (Å²) in [6.45, 7) is 2.53. The number of imide groups is 1. The first-order chi connectivity index (χ1) is 18.1. The van der Waals surface area contributed by atoms with Crippen LogP contribution >= 0.6 is 0 Å². The lowest BCUT2D eigenvalue weighted by molar-refractivity contribution is -0.131. The summed E-state index contributed by atoms with van der Waals surface area (Å²) in [4.78, 5) is 51.9. The molecule has 2 aliphatic heterocycles. The van der Waals surface area contributed by atoms with Crippen LogP contribution in [0.25, 0.3) is 16.9 Å². The van der Waals surface area contributed by atoms with Crippen LogP contribution in [0.3, 0.4) is 0 Å². The monoisotopic (exact) mass is 496 g/mol. The van der Waals surface area contributed by atoms with Gasteiger partial charge in [-0.3, -0.25) is 19.3 Å². The molecule has 37 heavy (non-hydrogen) atoms. The van der Waals surface area contributed by atoms with E-state index in [1.807, 2.05) is 35.2 Å². The van der Waals surface area contributed by atoms with Crippen LogP contribution in [-0.4, -0.2) is 85.2 Å². The first-order valence-electron chi connectivity index (χ1n) is 12.2. The molecule has 0 unspecified atom stereocenters. The van der Waals surface area contributed by atoms with Gasteiger partial charge in [0.1, 0.15) is 6.33 Å². The van der Waals surface area contributed by atoms with Crippen molar-refractivity contribution in [2.24, 2.45) is 0 Å². The van der Waals surface area contributed by atoms with Gasteiger partial charge in [0.2, 0.25) is 5.91 Å². The summed E-state index contributed by atoms with van der Waals surface area (Å²) in [7, 11) is 0. The molecule has 0 aliphatic carbocycles. The smallest absolute Gasteiger partial charge is 0.261 e. The van der Waals surface area contributed by atoms with E-state index in [9.17, 15) is 14.4 Å². The van der Waals surface area contributed by atoms with Crippen LogP contribution in [0.2, 0.25) is 0 Å². The van der Waals surface area contributed by atoms with Gasteiger partial charge in [-0.1, -0.05) is 35.5 Å². The Balaban J connectivity index is 1.05. The van der Waals surface area contributed by atoms with Gasteiger partial charge in [0.15, 0.2) is 17.0 Å². The van der Waals surface area contributed by atoms with Crippen LogP contribution in [-0.2, 0) is 4.79 Å². The van der Waals surface area contributed by atoms with Crippen molar-refractivity contribution in [1.82, 2.24) is 34.8 Å². The van der Waals surface area contributed by atoms with E-state index in [2.05, 4.69) is 25.2 Å². The van der Waals surface area contributed by atoms with Crippen molar-refractivity contribution in [2.75, 3.05) is 37.6 Å². The van der Waals surface area contributed by atoms with Crippen LogP contribution in [0.5, 0.6) is 0 Å². The fourth-order valence-electron chi connectivity index (χ4n) is 4.87. The average molecular weight is 497 g/mol. The van der Waals surface area contributed by atoms with E-state index in [-0.39, 0.29) is 30.7 Å². The first kappa shape index (κ1) is 22.8. The topological polar surface area (TPSA) is 117 Å². The molecular weight excluding hydrogens is 472 g/mol. The summed E-state index contributed by atoms with van der Waals surface area (Å²) in [6.07, 6.45) is 2.22. The third-order valence-electron chi connectivity index (χ3n) is 6.80. The van der Waals surface area contributed by atoms with Crippen molar-refractivity contribution in [3.05, 3.63) is 72.1 Å². The molecule has 1 saturated heterocycles. The number of piperazine rings is 1. The molecule has 4 heterocycles. The van der Waals surface area contributed by atoms with Gasteiger partial charge in [-0.05, 0) is 30.7 Å². The normalized spacial score (nSPS) is 15.5. The molecule has 0 bridgehead atoms. The molecule has 0 spiro atoms. The van der Waals surface area contributed by atoms with Gasteiger partial charge in [0.25, 0.3) is 11.8 Å². The lowest BCUT2D eigenvalue weighted by atomic mass is 10.1. The Morgan fingerprint density at radius 1 is 0.838 bits per heavy atom. The summed E-state index contributed by atoms with van der Waals surface area (Å²) >= 11 is 0. The van der Waals surface area contributed by atoms with Crippen molar-refractivity contribution in [1.29, 1.82) is 0 Å². The summed E-state index contributed by atoms with van der Waals surface area (Å²) in [5, 5.41) is 8.61. The van der Waals surface area contributed by atoms with Gasteiger partial charge in [-0.2, -0.15) is 4.68 Å². The number of hydrogen-bond acceptors (Lipinski definition) is 8. The second-order valence-corrected chi connectivity index (χ2v) is 8.99. The lowest BCUT2D eigenvalue weighted by Gasteiger charge is -2.35. The van der Waals surface area contributed by atoms with Crippen molar-refractivity contribution < 1.29 is 14.4 Å².